The quantitative estimate of drug-likeness (QED) is 0.245. The van der Waals surface area contributed by atoms with E-state index >= 15 is 0 Å². The molecule has 0 aliphatic carbocycles. The maximum absolute atomic E-state index is 13.4. The molecule has 1 amide bonds. The zero-order valence-corrected chi connectivity index (χ0v) is 21.9. The number of carbonyl (C=O) groups excluding carboxylic acids is 2. The number of aliphatic hydroxyl groups is 1. The van der Waals surface area contributed by atoms with E-state index in [1.807, 2.05) is 55.5 Å². The summed E-state index contributed by atoms with van der Waals surface area (Å²) in [4.78, 5) is 28.3. The number of para-hydroxylation sites is 1. The number of carbonyl (C=O) groups is 2. The van der Waals surface area contributed by atoms with Gasteiger partial charge in [-0.25, -0.2) is 0 Å². The van der Waals surface area contributed by atoms with Crippen LogP contribution >= 0.6 is 0 Å². The molecule has 0 radical (unpaired) electrons. The Labute approximate surface area is 218 Å². The first-order valence-corrected chi connectivity index (χ1v) is 12.4. The van der Waals surface area contributed by atoms with Gasteiger partial charge in [0.2, 0.25) is 0 Å². The lowest BCUT2D eigenvalue weighted by atomic mass is 9.85. The summed E-state index contributed by atoms with van der Waals surface area (Å²) >= 11 is 0. The van der Waals surface area contributed by atoms with E-state index in [1.54, 1.807) is 31.4 Å². The number of aliphatic hydroxyl groups excluding tert-OH is 1. The number of amides is 1. The smallest absolute Gasteiger partial charge is 0.295 e. The average molecular weight is 500 g/mol. The van der Waals surface area contributed by atoms with Crippen molar-refractivity contribution in [2.45, 2.75) is 45.7 Å². The molecule has 0 saturated carbocycles. The molecule has 0 bridgehead atoms. The van der Waals surface area contributed by atoms with Crippen LogP contribution in [0.3, 0.4) is 0 Å². The molecule has 0 aromatic heterocycles. The molecule has 1 aliphatic rings. The molecule has 6 nitrogen and oxygen atoms in total. The van der Waals surface area contributed by atoms with E-state index in [0.29, 0.717) is 23.7 Å². The molecule has 1 heterocycles. The Morgan fingerprint density at radius 1 is 0.946 bits per heavy atom. The van der Waals surface area contributed by atoms with Gasteiger partial charge in [0.1, 0.15) is 17.3 Å². The zero-order chi connectivity index (χ0) is 26.7. The highest BCUT2D eigenvalue weighted by atomic mass is 16.5. The molecule has 37 heavy (non-hydrogen) atoms. The minimum absolute atomic E-state index is 0.0555. The van der Waals surface area contributed by atoms with Crippen molar-refractivity contribution < 1.29 is 24.2 Å². The van der Waals surface area contributed by atoms with Crippen LogP contribution in [0.1, 0.15) is 56.0 Å². The van der Waals surface area contributed by atoms with E-state index < -0.39 is 17.7 Å². The molecule has 1 saturated heterocycles. The molecule has 1 N–H and O–H groups in total. The number of hydrogen-bond acceptors (Lipinski definition) is 5. The number of Topliss-reactive ketones (excluding diaryl/α,β-unsaturated/α-hetero) is 1. The van der Waals surface area contributed by atoms with E-state index in [1.165, 1.54) is 4.90 Å². The van der Waals surface area contributed by atoms with E-state index in [4.69, 9.17) is 9.47 Å². The Bertz CT molecular complexity index is 1320. The SMILES string of the molecule is CCOc1ccc(/C(O)=C2/C(=O)C(=O)N(Cc3ccccc3OC)C2c2ccc(C(C)(C)C)cc2)cc1. The fourth-order valence-corrected chi connectivity index (χ4v) is 4.60. The second-order valence-electron chi connectivity index (χ2n) is 10.1. The summed E-state index contributed by atoms with van der Waals surface area (Å²) in [6, 6.07) is 21.4. The van der Waals surface area contributed by atoms with Crippen molar-refractivity contribution in [3.05, 3.63) is 101 Å². The van der Waals surface area contributed by atoms with Gasteiger partial charge in [-0.15, -0.1) is 0 Å². The molecule has 6 heteroatoms. The number of likely N-dealkylation sites (tertiary alicyclic amines) is 1. The summed E-state index contributed by atoms with van der Waals surface area (Å²) in [5.74, 6) is -0.314. The lowest BCUT2D eigenvalue weighted by molar-refractivity contribution is -0.140. The molecular formula is C31H33NO5. The molecule has 192 valence electrons. The van der Waals surface area contributed by atoms with Crippen LogP contribution in [0.15, 0.2) is 78.4 Å². The molecule has 4 rings (SSSR count). The number of hydrogen-bond donors (Lipinski definition) is 1. The first kappa shape index (κ1) is 26.0. The maximum Gasteiger partial charge on any atom is 0.295 e. The molecule has 1 aliphatic heterocycles. The number of rotatable bonds is 7. The van der Waals surface area contributed by atoms with Crippen molar-refractivity contribution in [3.63, 3.8) is 0 Å². The fraction of sp³-hybridized carbons (Fsp3) is 0.290. The first-order chi connectivity index (χ1) is 17.7. The number of methoxy groups -OCH3 is 1. The number of ether oxygens (including phenoxy) is 2. The van der Waals surface area contributed by atoms with Gasteiger partial charge in [0.15, 0.2) is 0 Å². The zero-order valence-electron chi connectivity index (χ0n) is 21.9. The highest BCUT2D eigenvalue weighted by Crippen LogP contribution is 2.41. The minimum atomic E-state index is -0.759. The molecule has 1 atom stereocenters. The number of ketones is 1. The Morgan fingerprint density at radius 2 is 1.59 bits per heavy atom. The topological polar surface area (TPSA) is 76.1 Å². The van der Waals surface area contributed by atoms with Crippen molar-refractivity contribution in [1.29, 1.82) is 0 Å². The average Bonchev–Trinajstić information content (AvgIpc) is 3.14. The van der Waals surface area contributed by atoms with Crippen molar-refractivity contribution in [2.75, 3.05) is 13.7 Å². The van der Waals surface area contributed by atoms with Gasteiger partial charge in [-0.05, 0) is 53.8 Å². The van der Waals surface area contributed by atoms with Gasteiger partial charge in [0, 0.05) is 11.1 Å². The highest BCUT2D eigenvalue weighted by molar-refractivity contribution is 6.46. The van der Waals surface area contributed by atoms with Crippen molar-refractivity contribution in [3.8, 4) is 11.5 Å². The third-order valence-corrected chi connectivity index (χ3v) is 6.60. The summed E-state index contributed by atoms with van der Waals surface area (Å²) in [6.07, 6.45) is 0. The third kappa shape index (κ3) is 5.24. The van der Waals surface area contributed by atoms with Gasteiger partial charge in [-0.1, -0.05) is 63.2 Å². The minimum Gasteiger partial charge on any atom is -0.507 e. The van der Waals surface area contributed by atoms with Gasteiger partial charge < -0.3 is 19.5 Å². The van der Waals surface area contributed by atoms with Crippen LogP contribution in [0.4, 0.5) is 0 Å². The van der Waals surface area contributed by atoms with Crippen molar-refractivity contribution in [1.82, 2.24) is 4.90 Å². The second-order valence-corrected chi connectivity index (χ2v) is 10.1. The Hall–Kier alpha value is -4.06. The van der Waals surface area contributed by atoms with E-state index in [0.717, 1.165) is 16.7 Å². The van der Waals surface area contributed by atoms with Gasteiger partial charge in [0.25, 0.3) is 11.7 Å². The fourth-order valence-electron chi connectivity index (χ4n) is 4.60. The summed E-state index contributed by atoms with van der Waals surface area (Å²) in [6.45, 7) is 8.94. The van der Waals surface area contributed by atoms with Gasteiger partial charge in [0.05, 0.1) is 31.9 Å². The molecule has 3 aromatic carbocycles. The lowest BCUT2D eigenvalue weighted by Gasteiger charge is -2.27. The number of benzene rings is 3. The Balaban J connectivity index is 1.84. The van der Waals surface area contributed by atoms with Gasteiger partial charge >= 0.3 is 0 Å². The molecule has 1 fully saturated rings. The van der Waals surface area contributed by atoms with E-state index in [2.05, 4.69) is 20.8 Å². The standard InChI is InChI=1S/C31H33NO5/c1-6-37-24-17-13-21(14-18-24)28(33)26-27(20-11-15-23(16-12-20)31(2,3)4)32(30(35)29(26)34)19-22-9-7-8-10-25(22)36-5/h7-18,27,33H,6,19H2,1-5H3/b28-26-. The van der Waals surface area contributed by atoms with Crippen LogP contribution in [-0.4, -0.2) is 35.4 Å². The lowest BCUT2D eigenvalue weighted by Crippen LogP contribution is -2.29. The monoisotopic (exact) mass is 499 g/mol. The Kier molecular flexibility index (Phi) is 7.39. The predicted molar refractivity (Wildman–Crippen MR) is 144 cm³/mol. The van der Waals surface area contributed by atoms with E-state index in [-0.39, 0.29) is 23.3 Å². The van der Waals surface area contributed by atoms with Crippen LogP contribution in [0.5, 0.6) is 11.5 Å². The number of nitrogens with zero attached hydrogens (tertiary/aromatic N) is 1. The predicted octanol–water partition coefficient (Wildman–Crippen LogP) is 6.01. The van der Waals surface area contributed by atoms with Crippen LogP contribution in [0, 0.1) is 0 Å². The third-order valence-electron chi connectivity index (χ3n) is 6.60. The molecule has 1 unspecified atom stereocenters. The van der Waals surface area contributed by atoms with Gasteiger partial charge in [-0.3, -0.25) is 9.59 Å². The van der Waals surface area contributed by atoms with Crippen LogP contribution < -0.4 is 9.47 Å². The molecule has 3 aromatic rings. The van der Waals surface area contributed by atoms with Crippen molar-refractivity contribution in [2.24, 2.45) is 0 Å². The normalized spacial score (nSPS) is 17.2. The van der Waals surface area contributed by atoms with E-state index in [9.17, 15) is 14.7 Å². The van der Waals surface area contributed by atoms with Crippen LogP contribution in [0.25, 0.3) is 5.76 Å². The van der Waals surface area contributed by atoms with Crippen LogP contribution in [-0.2, 0) is 21.5 Å². The summed E-state index contributed by atoms with van der Waals surface area (Å²) in [5.41, 5.74) is 3.09. The summed E-state index contributed by atoms with van der Waals surface area (Å²) < 4.78 is 11.0. The highest BCUT2D eigenvalue weighted by Gasteiger charge is 2.46. The first-order valence-electron chi connectivity index (χ1n) is 12.4. The summed E-state index contributed by atoms with van der Waals surface area (Å²) in [7, 11) is 1.57. The summed E-state index contributed by atoms with van der Waals surface area (Å²) in [5, 5.41) is 11.3. The molecule has 0 spiro atoms. The van der Waals surface area contributed by atoms with Gasteiger partial charge in [-0.2, -0.15) is 0 Å². The largest absolute Gasteiger partial charge is 0.507 e. The Morgan fingerprint density at radius 3 is 2.19 bits per heavy atom. The second kappa shape index (κ2) is 10.5. The van der Waals surface area contributed by atoms with Crippen LogP contribution in [0.2, 0.25) is 0 Å². The maximum atomic E-state index is 13.4. The molecular weight excluding hydrogens is 466 g/mol. The van der Waals surface area contributed by atoms with Crippen molar-refractivity contribution >= 4 is 17.4 Å².